The Hall–Kier alpha value is -3.64. The standard InChI is InChI=1S/C32H38N2O4/c1-10-34-28-26(29(30(35)36)38-32(7,8)9)24(22-13-11-17(2)19(4)15-22)21(6)25(27(28)33-31(34)37)23-14-12-18(3)20(5)16-23/h11-16,29H,10H2,1-9H3,(H,33,37)(H,35,36). The Morgan fingerprint density at radius 3 is 1.89 bits per heavy atom. The van der Waals surface area contributed by atoms with E-state index in [0.29, 0.717) is 23.1 Å². The third-order valence-electron chi connectivity index (χ3n) is 7.37. The SMILES string of the molecule is CCn1c(=O)[nH]c2c(-c3ccc(C)c(C)c3)c(C)c(-c3ccc(C)c(C)c3)c(C(OC(C)(C)C)C(=O)O)c21. The Bertz CT molecular complexity index is 1620. The van der Waals surface area contributed by atoms with Gasteiger partial charge in [0.2, 0.25) is 0 Å². The molecule has 0 aliphatic rings. The van der Waals surface area contributed by atoms with Crippen molar-refractivity contribution in [3.63, 3.8) is 0 Å². The van der Waals surface area contributed by atoms with E-state index in [2.05, 4.69) is 63.0 Å². The van der Waals surface area contributed by atoms with Crippen molar-refractivity contribution in [3.8, 4) is 22.3 Å². The lowest BCUT2D eigenvalue weighted by atomic mass is 9.84. The second kappa shape index (κ2) is 9.91. The van der Waals surface area contributed by atoms with Crippen LogP contribution < -0.4 is 5.69 Å². The fourth-order valence-electron chi connectivity index (χ4n) is 5.23. The topological polar surface area (TPSA) is 84.3 Å². The zero-order chi connectivity index (χ0) is 28.1. The number of carboxylic acids is 1. The van der Waals surface area contributed by atoms with Gasteiger partial charge in [0, 0.05) is 17.7 Å². The predicted octanol–water partition coefficient (Wildman–Crippen LogP) is 7.17. The average molecular weight is 515 g/mol. The molecule has 0 fully saturated rings. The number of hydrogen-bond donors (Lipinski definition) is 2. The molecule has 0 spiro atoms. The summed E-state index contributed by atoms with van der Waals surface area (Å²) >= 11 is 0. The van der Waals surface area contributed by atoms with Crippen LogP contribution in [0.4, 0.5) is 0 Å². The molecular weight excluding hydrogens is 476 g/mol. The number of benzene rings is 3. The molecular formula is C32H38N2O4. The summed E-state index contributed by atoms with van der Waals surface area (Å²) in [6.45, 7) is 18.1. The Kier molecular flexibility index (Phi) is 7.15. The molecule has 200 valence electrons. The van der Waals surface area contributed by atoms with Crippen LogP contribution in [0.15, 0.2) is 41.2 Å². The first-order valence-electron chi connectivity index (χ1n) is 13.1. The molecule has 1 heterocycles. The average Bonchev–Trinajstić information content (AvgIpc) is 3.15. The first-order valence-corrected chi connectivity index (χ1v) is 13.1. The van der Waals surface area contributed by atoms with Crippen molar-refractivity contribution in [2.45, 2.75) is 80.6 Å². The maximum atomic E-state index is 13.3. The van der Waals surface area contributed by atoms with Crippen LogP contribution in [0.3, 0.4) is 0 Å². The van der Waals surface area contributed by atoms with Crippen molar-refractivity contribution >= 4 is 17.0 Å². The van der Waals surface area contributed by atoms with Crippen molar-refractivity contribution in [2.24, 2.45) is 0 Å². The van der Waals surface area contributed by atoms with Gasteiger partial charge in [-0.1, -0.05) is 36.4 Å². The number of aliphatic carboxylic acids is 1. The van der Waals surface area contributed by atoms with Crippen molar-refractivity contribution in [3.05, 3.63) is 80.3 Å². The lowest BCUT2D eigenvalue weighted by Crippen LogP contribution is -2.28. The van der Waals surface area contributed by atoms with Crippen LogP contribution in [0.5, 0.6) is 0 Å². The molecule has 0 aliphatic carbocycles. The lowest BCUT2D eigenvalue weighted by molar-refractivity contribution is -0.160. The Morgan fingerprint density at radius 2 is 1.45 bits per heavy atom. The number of imidazole rings is 1. The molecule has 0 saturated carbocycles. The van der Waals surface area contributed by atoms with Gasteiger partial charge in [0.15, 0.2) is 6.10 Å². The quantitative estimate of drug-likeness (QED) is 0.286. The van der Waals surface area contributed by atoms with Gasteiger partial charge >= 0.3 is 11.7 Å². The second-order valence-electron chi connectivity index (χ2n) is 11.2. The van der Waals surface area contributed by atoms with Gasteiger partial charge in [-0.15, -0.1) is 0 Å². The number of rotatable bonds is 6. The van der Waals surface area contributed by atoms with E-state index in [0.717, 1.165) is 44.5 Å². The Morgan fingerprint density at radius 1 is 0.921 bits per heavy atom. The van der Waals surface area contributed by atoms with Gasteiger partial charge in [0.1, 0.15) is 0 Å². The highest BCUT2D eigenvalue weighted by molar-refractivity contribution is 6.04. The Balaban J connectivity index is 2.29. The van der Waals surface area contributed by atoms with Gasteiger partial charge in [-0.25, -0.2) is 9.59 Å². The number of H-pyrrole nitrogens is 1. The number of hydrogen-bond acceptors (Lipinski definition) is 3. The lowest BCUT2D eigenvalue weighted by Gasteiger charge is -2.29. The van der Waals surface area contributed by atoms with Crippen molar-refractivity contribution in [1.29, 1.82) is 0 Å². The third kappa shape index (κ3) is 4.81. The first-order chi connectivity index (χ1) is 17.7. The zero-order valence-electron chi connectivity index (χ0n) is 23.9. The molecule has 1 atom stereocenters. The number of aromatic amines is 1. The predicted molar refractivity (Wildman–Crippen MR) is 154 cm³/mol. The molecule has 0 saturated heterocycles. The van der Waals surface area contributed by atoms with E-state index in [-0.39, 0.29) is 5.69 Å². The van der Waals surface area contributed by atoms with Crippen LogP contribution in [0.1, 0.15) is 67.2 Å². The van der Waals surface area contributed by atoms with Gasteiger partial charge in [-0.2, -0.15) is 0 Å². The highest BCUT2D eigenvalue weighted by atomic mass is 16.5. The van der Waals surface area contributed by atoms with Crippen LogP contribution in [0.25, 0.3) is 33.3 Å². The minimum atomic E-state index is -1.28. The number of nitrogens with one attached hydrogen (secondary N) is 1. The molecule has 0 amide bonds. The van der Waals surface area contributed by atoms with Gasteiger partial charge in [0.05, 0.1) is 16.6 Å². The first kappa shape index (κ1) is 27.4. The van der Waals surface area contributed by atoms with Gasteiger partial charge in [0.25, 0.3) is 0 Å². The molecule has 2 N–H and O–H groups in total. The van der Waals surface area contributed by atoms with Gasteiger partial charge < -0.3 is 14.8 Å². The number of nitrogens with zero attached hydrogens (tertiary/aromatic N) is 1. The molecule has 4 rings (SSSR count). The van der Waals surface area contributed by atoms with E-state index in [1.54, 1.807) is 4.57 Å². The number of carboxylic acid groups (broad SMARTS) is 1. The van der Waals surface area contributed by atoms with E-state index in [4.69, 9.17) is 4.74 Å². The van der Waals surface area contributed by atoms with Crippen molar-refractivity contribution in [2.75, 3.05) is 0 Å². The molecule has 3 aromatic carbocycles. The number of aromatic nitrogens is 2. The summed E-state index contributed by atoms with van der Waals surface area (Å²) in [4.78, 5) is 29.2. The fourth-order valence-corrected chi connectivity index (χ4v) is 5.23. The fraction of sp³-hybridized carbons (Fsp3) is 0.375. The van der Waals surface area contributed by atoms with E-state index < -0.39 is 17.7 Å². The molecule has 6 nitrogen and oxygen atoms in total. The Labute approximate surface area is 224 Å². The molecule has 4 aromatic rings. The van der Waals surface area contributed by atoms with Crippen LogP contribution in [-0.2, 0) is 16.1 Å². The van der Waals surface area contributed by atoms with Crippen LogP contribution in [0, 0.1) is 34.6 Å². The molecule has 1 aromatic heterocycles. The summed E-state index contributed by atoms with van der Waals surface area (Å²) in [6.07, 6.45) is -1.28. The van der Waals surface area contributed by atoms with E-state index in [9.17, 15) is 14.7 Å². The minimum Gasteiger partial charge on any atom is -0.479 e. The maximum absolute atomic E-state index is 13.3. The maximum Gasteiger partial charge on any atom is 0.337 e. The molecule has 0 radical (unpaired) electrons. The summed E-state index contributed by atoms with van der Waals surface area (Å²) in [5.41, 5.74) is 9.70. The summed E-state index contributed by atoms with van der Waals surface area (Å²) < 4.78 is 7.85. The highest BCUT2D eigenvalue weighted by Crippen LogP contribution is 2.45. The van der Waals surface area contributed by atoms with E-state index >= 15 is 0 Å². The van der Waals surface area contributed by atoms with Gasteiger partial charge in [-0.3, -0.25) is 4.57 Å². The number of aryl methyl sites for hydroxylation is 5. The van der Waals surface area contributed by atoms with Crippen LogP contribution in [-0.4, -0.2) is 26.2 Å². The third-order valence-corrected chi connectivity index (χ3v) is 7.37. The van der Waals surface area contributed by atoms with E-state index in [1.165, 1.54) is 5.56 Å². The monoisotopic (exact) mass is 514 g/mol. The molecule has 6 heteroatoms. The molecule has 0 aliphatic heterocycles. The van der Waals surface area contributed by atoms with Crippen molar-refractivity contribution in [1.82, 2.24) is 9.55 Å². The minimum absolute atomic E-state index is 0.273. The molecule has 0 bridgehead atoms. The molecule has 1 unspecified atom stereocenters. The highest BCUT2D eigenvalue weighted by Gasteiger charge is 2.35. The molecule has 38 heavy (non-hydrogen) atoms. The van der Waals surface area contributed by atoms with E-state index in [1.807, 2.05) is 40.7 Å². The largest absolute Gasteiger partial charge is 0.479 e. The van der Waals surface area contributed by atoms with Gasteiger partial charge in [-0.05, 0) is 107 Å². The number of carbonyl (C=O) groups is 1. The van der Waals surface area contributed by atoms with Crippen LogP contribution in [0.2, 0.25) is 0 Å². The van der Waals surface area contributed by atoms with Crippen LogP contribution >= 0.6 is 0 Å². The van der Waals surface area contributed by atoms with Crippen molar-refractivity contribution < 1.29 is 14.6 Å². The number of fused-ring (bicyclic) bond motifs is 1. The summed E-state index contributed by atoms with van der Waals surface area (Å²) in [6, 6.07) is 12.4. The summed E-state index contributed by atoms with van der Waals surface area (Å²) in [5, 5.41) is 10.5. The summed E-state index contributed by atoms with van der Waals surface area (Å²) in [7, 11) is 0. The zero-order valence-corrected chi connectivity index (χ0v) is 23.9. The normalized spacial score (nSPS) is 12.8. The summed E-state index contributed by atoms with van der Waals surface area (Å²) in [5.74, 6) is -1.10. The second-order valence-corrected chi connectivity index (χ2v) is 11.2. The smallest absolute Gasteiger partial charge is 0.337 e. The number of ether oxygens (including phenoxy) is 1.